The number of thiol groups is 1. The third-order valence-electron chi connectivity index (χ3n) is 1.42. The fourth-order valence-corrected chi connectivity index (χ4v) is 1.01. The molecule has 1 aliphatic carbocycles. The maximum Gasteiger partial charge on any atom is 0.0225 e. The quantitative estimate of drug-likeness (QED) is 0.361. The van der Waals surface area contributed by atoms with Gasteiger partial charge in [-0.05, 0) is 12.3 Å². The molecule has 0 spiro atoms. The van der Waals surface area contributed by atoms with Crippen molar-refractivity contribution in [3.05, 3.63) is 12.2 Å². The summed E-state index contributed by atoms with van der Waals surface area (Å²) in [5.74, 6) is 0.767. The second-order valence-corrected chi connectivity index (χ2v) is 2.73. The van der Waals surface area contributed by atoms with Gasteiger partial charge in [-0.3, -0.25) is 0 Å². The fraction of sp³-hybridized carbons (Fsp3) is 0.667. The summed E-state index contributed by atoms with van der Waals surface area (Å²) in [4.78, 5) is 0. The van der Waals surface area contributed by atoms with E-state index in [-0.39, 0.29) is 0 Å². The first-order valence-electron chi connectivity index (χ1n) is 2.65. The molecule has 0 saturated carbocycles. The van der Waals surface area contributed by atoms with Crippen LogP contribution >= 0.6 is 12.6 Å². The van der Waals surface area contributed by atoms with E-state index in [4.69, 9.17) is 0 Å². The van der Waals surface area contributed by atoms with Gasteiger partial charge in [-0.25, -0.2) is 0 Å². The molecule has 1 aliphatic rings. The van der Waals surface area contributed by atoms with Gasteiger partial charge in [0, 0.05) is 5.25 Å². The molecule has 1 rings (SSSR count). The molecule has 0 aromatic heterocycles. The van der Waals surface area contributed by atoms with Crippen molar-refractivity contribution in [3.63, 3.8) is 0 Å². The summed E-state index contributed by atoms with van der Waals surface area (Å²) in [5, 5.41) is 0.528. The van der Waals surface area contributed by atoms with Gasteiger partial charge in [0.1, 0.15) is 0 Å². The average molecular weight is 114 g/mol. The molecule has 0 N–H and O–H groups in total. The highest BCUT2D eigenvalue weighted by Crippen LogP contribution is 2.21. The van der Waals surface area contributed by atoms with E-state index >= 15 is 0 Å². The topological polar surface area (TPSA) is 0 Å². The standard InChI is InChI=1S/C6H10S/c1-5-3-2-4-6(5)7/h2,4-7H,3H2,1H3. The van der Waals surface area contributed by atoms with Crippen molar-refractivity contribution in [2.75, 3.05) is 0 Å². The lowest BCUT2D eigenvalue weighted by Crippen LogP contribution is -2.00. The number of hydrogen-bond donors (Lipinski definition) is 1. The minimum absolute atomic E-state index is 0.528. The molecular weight excluding hydrogens is 104 g/mol. The molecule has 7 heavy (non-hydrogen) atoms. The van der Waals surface area contributed by atoms with Crippen molar-refractivity contribution < 1.29 is 0 Å². The zero-order chi connectivity index (χ0) is 5.28. The molecule has 2 unspecified atom stereocenters. The summed E-state index contributed by atoms with van der Waals surface area (Å²) in [6.07, 6.45) is 5.57. The van der Waals surface area contributed by atoms with Crippen LogP contribution in [0.1, 0.15) is 13.3 Å². The smallest absolute Gasteiger partial charge is 0.0225 e. The lowest BCUT2D eigenvalue weighted by Gasteiger charge is -2.04. The predicted octanol–water partition coefficient (Wildman–Crippen LogP) is 1.88. The second-order valence-electron chi connectivity index (χ2n) is 2.13. The van der Waals surface area contributed by atoms with Gasteiger partial charge in [0.05, 0.1) is 0 Å². The minimum atomic E-state index is 0.528. The third-order valence-corrected chi connectivity index (χ3v) is 2.11. The zero-order valence-electron chi connectivity index (χ0n) is 4.46. The van der Waals surface area contributed by atoms with E-state index in [1.807, 2.05) is 0 Å². The number of rotatable bonds is 0. The molecule has 0 radical (unpaired) electrons. The Morgan fingerprint density at radius 3 is 2.57 bits per heavy atom. The Balaban J connectivity index is 2.45. The monoisotopic (exact) mass is 114 g/mol. The first-order valence-corrected chi connectivity index (χ1v) is 3.17. The normalized spacial score (nSPS) is 39.7. The van der Waals surface area contributed by atoms with Gasteiger partial charge in [-0.1, -0.05) is 19.1 Å². The van der Waals surface area contributed by atoms with Gasteiger partial charge in [-0.15, -0.1) is 0 Å². The maximum atomic E-state index is 4.30. The predicted molar refractivity (Wildman–Crippen MR) is 35.7 cm³/mol. The van der Waals surface area contributed by atoms with Crippen LogP contribution in [-0.4, -0.2) is 5.25 Å². The van der Waals surface area contributed by atoms with Crippen LogP contribution in [-0.2, 0) is 0 Å². The largest absolute Gasteiger partial charge is 0.171 e. The Bertz CT molecular complexity index is 86.2. The van der Waals surface area contributed by atoms with Gasteiger partial charge >= 0.3 is 0 Å². The molecule has 0 aromatic rings. The highest BCUT2D eigenvalue weighted by atomic mass is 32.1. The van der Waals surface area contributed by atoms with Gasteiger partial charge in [-0.2, -0.15) is 12.6 Å². The molecule has 0 saturated heterocycles. The van der Waals surface area contributed by atoms with Crippen molar-refractivity contribution in [3.8, 4) is 0 Å². The Morgan fingerprint density at radius 1 is 1.71 bits per heavy atom. The second kappa shape index (κ2) is 1.91. The van der Waals surface area contributed by atoms with E-state index in [1.54, 1.807) is 0 Å². The van der Waals surface area contributed by atoms with Crippen LogP contribution in [0, 0.1) is 5.92 Å². The molecule has 1 heteroatoms. The molecule has 0 aliphatic heterocycles. The Kier molecular flexibility index (Phi) is 1.43. The van der Waals surface area contributed by atoms with E-state index < -0.39 is 0 Å². The van der Waals surface area contributed by atoms with Crippen LogP contribution in [0.5, 0.6) is 0 Å². The third kappa shape index (κ3) is 1.00. The SMILES string of the molecule is CC1CC=CC1S. The summed E-state index contributed by atoms with van der Waals surface area (Å²) in [7, 11) is 0. The molecule has 0 bridgehead atoms. The molecule has 0 heterocycles. The summed E-state index contributed by atoms with van der Waals surface area (Å²) >= 11 is 4.30. The van der Waals surface area contributed by atoms with Crippen molar-refractivity contribution in [1.29, 1.82) is 0 Å². The van der Waals surface area contributed by atoms with Crippen LogP contribution in [0.2, 0.25) is 0 Å². The molecule has 0 aromatic carbocycles. The van der Waals surface area contributed by atoms with E-state index in [2.05, 4.69) is 31.7 Å². The Morgan fingerprint density at radius 2 is 2.43 bits per heavy atom. The lowest BCUT2D eigenvalue weighted by atomic mass is 10.1. The summed E-state index contributed by atoms with van der Waals surface area (Å²) in [6, 6.07) is 0. The van der Waals surface area contributed by atoms with E-state index in [0.717, 1.165) is 5.92 Å². The number of hydrogen-bond acceptors (Lipinski definition) is 1. The minimum Gasteiger partial charge on any atom is -0.171 e. The Labute approximate surface area is 50.0 Å². The summed E-state index contributed by atoms with van der Waals surface area (Å²) < 4.78 is 0. The van der Waals surface area contributed by atoms with Gasteiger partial charge in [0.25, 0.3) is 0 Å². The van der Waals surface area contributed by atoms with E-state index in [0.29, 0.717) is 5.25 Å². The van der Waals surface area contributed by atoms with Crippen molar-refractivity contribution in [2.24, 2.45) is 5.92 Å². The van der Waals surface area contributed by atoms with Crippen LogP contribution in [0.15, 0.2) is 12.2 Å². The van der Waals surface area contributed by atoms with E-state index in [9.17, 15) is 0 Å². The molecule has 40 valence electrons. The zero-order valence-corrected chi connectivity index (χ0v) is 5.36. The average Bonchev–Trinajstić information content (AvgIpc) is 1.91. The first-order chi connectivity index (χ1) is 3.30. The summed E-state index contributed by atoms with van der Waals surface area (Å²) in [5.41, 5.74) is 0. The highest BCUT2D eigenvalue weighted by molar-refractivity contribution is 7.81. The van der Waals surface area contributed by atoms with Crippen LogP contribution in [0.3, 0.4) is 0 Å². The molecule has 0 amide bonds. The summed E-state index contributed by atoms with van der Waals surface area (Å²) in [6.45, 7) is 2.22. The fourth-order valence-electron chi connectivity index (χ4n) is 0.762. The first kappa shape index (κ1) is 5.23. The number of allylic oxidation sites excluding steroid dienone is 1. The molecule has 2 atom stereocenters. The van der Waals surface area contributed by atoms with Crippen molar-refractivity contribution in [2.45, 2.75) is 18.6 Å². The highest BCUT2D eigenvalue weighted by Gasteiger charge is 2.12. The maximum absolute atomic E-state index is 4.30. The Hall–Kier alpha value is 0.0900. The lowest BCUT2D eigenvalue weighted by molar-refractivity contribution is 0.653. The van der Waals surface area contributed by atoms with Gasteiger partial charge in [0.15, 0.2) is 0 Å². The molecule has 0 fully saturated rings. The van der Waals surface area contributed by atoms with Crippen LogP contribution < -0.4 is 0 Å². The van der Waals surface area contributed by atoms with Crippen LogP contribution in [0.25, 0.3) is 0 Å². The van der Waals surface area contributed by atoms with E-state index in [1.165, 1.54) is 6.42 Å². The van der Waals surface area contributed by atoms with Gasteiger partial charge < -0.3 is 0 Å². The molecule has 0 nitrogen and oxygen atoms in total. The van der Waals surface area contributed by atoms with Gasteiger partial charge in [0.2, 0.25) is 0 Å². The van der Waals surface area contributed by atoms with Crippen LogP contribution in [0.4, 0.5) is 0 Å². The van der Waals surface area contributed by atoms with Crippen molar-refractivity contribution >= 4 is 12.6 Å². The molecular formula is C6H10S. The van der Waals surface area contributed by atoms with Crippen molar-refractivity contribution in [1.82, 2.24) is 0 Å².